The third kappa shape index (κ3) is 1.93. The van der Waals surface area contributed by atoms with Crippen LogP contribution >= 0.6 is 0 Å². The SMILES string of the molecule is c1c(CC2CCCN2)nc2n1CCCC2. The van der Waals surface area contributed by atoms with Crippen LogP contribution in [-0.4, -0.2) is 22.1 Å². The minimum absolute atomic E-state index is 0.682. The van der Waals surface area contributed by atoms with Crippen molar-refractivity contribution in [2.24, 2.45) is 0 Å². The summed E-state index contributed by atoms with van der Waals surface area (Å²) in [5.41, 5.74) is 1.30. The zero-order chi connectivity index (χ0) is 10.1. The zero-order valence-corrected chi connectivity index (χ0v) is 9.21. The van der Waals surface area contributed by atoms with Crippen LogP contribution in [0.15, 0.2) is 6.20 Å². The van der Waals surface area contributed by atoms with Crippen LogP contribution in [0.4, 0.5) is 0 Å². The summed E-state index contributed by atoms with van der Waals surface area (Å²) in [6.45, 7) is 2.37. The average Bonchev–Trinajstić information content (AvgIpc) is 2.86. The van der Waals surface area contributed by atoms with Crippen molar-refractivity contribution < 1.29 is 0 Å². The van der Waals surface area contributed by atoms with Gasteiger partial charge in [-0.25, -0.2) is 4.98 Å². The summed E-state index contributed by atoms with van der Waals surface area (Å²) in [6.07, 6.45) is 9.87. The minimum atomic E-state index is 0.682. The molecule has 2 aliphatic rings. The van der Waals surface area contributed by atoms with Gasteiger partial charge < -0.3 is 9.88 Å². The van der Waals surface area contributed by atoms with Gasteiger partial charge in [0, 0.05) is 31.6 Å². The number of nitrogens with zero attached hydrogens (tertiary/aromatic N) is 2. The summed E-state index contributed by atoms with van der Waals surface area (Å²) in [7, 11) is 0. The van der Waals surface area contributed by atoms with Crippen molar-refractivity contribution in [3.8, 4) is 0 Å². The van der Waals surface area contributed by atoms with E-state index < -0.39 is 0 Å². The van der Waals surface area contributed by atoms with Gasteiger partial charge >= 0.3 is 0 Å². The molecule has 0 aliphatic carbocycles. The first-order valence-electron chi connectivity index (χ1n) is 6.20. The van der Waals surface area contributed by atoms with Gasteiger partial charge in [-0.2, -0.15) is 0 Å². The van der Waals surface area contributed by atoms with Gasteiger partial charge in [0.1, 0.15) is 5.82 Å². The molecule has 1 unspecified atom stereocenters. The first-order chi connectivity index (χ1) is 7.42. The molecule has 1 aromatic heterocycles. The van der Waals surface area contributed by atoms with E-state index in [2.05, 4.69) is 16.1 Å². The van der Waals surface area contributed by atoms with E-state index in [0.29, 0.717) is 6.04 Å². The van der Waals surface area contributed by atoms with Crippen LogP contribution in [0.3, 0.4) is 0 Å². The zero-order valence-electron chi connectivity index (χ0n) is 9.21. The standard InChI is InChI=1S/C12H19N3/c1-2-7-15-9-11(14-12(15)5-1)8-10-4-3-6-13-10/h9-10,13H,1-8H2. The summed E-state index contributed by atoms with van der Waals surface area (Å²) in [4.78, 5) is 4.74. The monoisotopic (exact) mass is 205 g/mol. The van der Waals surface area contributed by atoms with E-state index in [9.17, 15) is 0 Å². The summed E-state index contributed by atoms with van der Waals surface area (Å²) in [5, 5.41) is 3.54. The van der Waals surface area contributed by atoms with Crippen LogP contribution in [0.2, 0.25) is 0 Å². The molecule has 15 heavy (non-hydrogen) atoms. The van der Waals surface area contributed by atoms with Gasteiger partial charge in [-0.15, -0.1) is 0 Å². The Morgan fingerprint density at radius 2 is 2.40 bits per heavy atom. The summed E-state index contributed by atoms with van der Waals surface area (Å²) in [5.74, 6) is 1.31. The Morgan fingerprint density at radius 1 is 1.40 bits per heavy atom. The molecule has 82 valence electrons. The molecule has 3 heterocycles. The van der Waals surface area contributed by atoms with E-state index in [1.54, 1.807) is 0 Å². The molecule has 1 aromatic rings. The predicted octanol–water partition coefficient (Wildman–Crippen LogP) is 1.51. The Labute approximate surface area is 90.9 Å². The number of nitrogens with one attached hydrogen (secondary N) is 1. The fourth-order valence-electron chi connectivity index (χ4n) is 2.75. The van der Waals surface area contributed by atoms with Crippen LogP contribution in [0.5, 0.6) is 0 Å². The first-order valence-corrected chi connectivity index (χ1v) is 6.20. The van der Waals surface area contributed by atoms with Gasteiger partial charge in [0.25, 0.3) is 0 Å². The fraction of sp³-hybridized carbons (Fsp3) is 0.750. The van der Waals surface area contributed by atoms with Gasteiger partial charge in [-0.1, -0.05) is 0 Å². The summed E-state index contributed by atoms with van der Waals surface area (Å²) < 4.78 is 2.35. The Morgan fingerprint density at radius 3 is 3.20 bits per heavy atom. The maximum Gasteiger partial charge on any atom is 0.108 e. The molecule has 0 aromatic carbocycles. The number of aryl methyl sites for hydroxylation is 2. The third-order valence-electron chi connectivity index (χ3n) is 3.58. The molecule has 0 radical (unpaired) electrons. The van der Waals surface area contributed by atoms with Crippen LogP contribution in [0.1, 0.15) is 37.2 Å². The van der Waals surface area contributed by atoms with Gasteiger partial charge in [0.15, 0.2) is 0 Å². The van der Waals surface area contributed by atoms with Crippen LogP contribution in [-0.2, 0) is 19.4 Å². The molecule has 1 N–H and O–H groups in total. The van der Waals surface area contributed by atoms with Crippen molar-refractivity contribution in [2.75, 3.05) is 6.54 Å². The number of aromatic nitrogens is 2. The number of imidazole rings is 1. The number of rotatable bonds is 2. The summed E-state index contributed by atoms with van der Waals surface area (Å²) >= 11 is 0. The van der Waals surface area contributed by atoms with E-state index in [0.717, 1.165) is 6.42 Å². The highest BCUT2D eigenvalue weighted by atomic mass is 15.1. The maximum atomic E-state index is 4.74. The molecule has 3 rings (SSSR count). The second-order valence-corrected chi connectivity index (χ2v) is 4.80. The lowest BCUT2D eigenvalue weighted by atomic mass is 10.1. The molecular formula is C12H19N3. The van der Waals surface area contributed by atoms with E-state index in [1.807, 2.05) is 0 Å². The Kier molecular flexibility index (Phi) is 2.49. The molecule has 0 amide bonds. The molecule has 2 aliphatic heterocycles. The smallest absolute Gasteiger partial charge is 0.108 e. The normalized spacial score (nSPS) is 25.5. The molecule has 3 nitrogen and oxygen atoms in total. The third-order valence-corrected chi connectivity index (χ3v) is 3.58. The van der Waals surface area contributed by atoms with Crippen molar-refractivity contribution in [1.82, 2.24) is 14.9 Å². The number of fused-ring (bicyclic) bond motifs is 1. The Balaban J connectivity index is 1.72. The predicted molar refractivity (Wildman–Crippen MR) is 59.9 cm³/mol. The van der Waals surface area contributed by atoms with Gasteiger partial charge in [0.05, 0.1) is 5.69 Å². The molecule has 1 atom stereocenters. The fourth-order valence-corrected chi connectivity index (χ4v) is 2.75. The lowest BCUT2D eigenvalue weighted by Crippen LogP contribution is -2.23. The first kappa shape index (κ1) is 9.40. The maximum absolute atomic E-state index is 4.74. The Hall–Kier alpha value is -0.830. The number of hydrogen-bond acceptors (Lipinski definition) is 2. The topological polar surface area (TPSA) is 29.9 Å². The van der Waals surface area contributed by atoms with E-state index in [-0.39, 0.29) is 0 Å². The van der Waals surface area contributed by atoms with E-state index in [4.69, 9.17) is 4.98 Å². The highest BCUT2D eigenvalue weighted by Gasteiger charge is 2.18. The van der Waals surface area contributed by atoms with Crippen LogP contribution < -0.4 is 5.32 Å². The lowest BCUT2D eigenvalue weighted by Gasteiger charge is -2.11. The van der Waals surface area contributed by atoms with Crippen LogP contribution in [0.25, 0.3) is 0 Å². The van der Waals surface area contributed by atoms with Crippen molar-refractivity contribution in [1.29, 1.82) is 0 Å². The van der Waals surface area contributed by atoms with Crippen molar-refractivity contribution in [2.45, 2.75) is 51.1 Å². The summed E-state index contributed by atoms with van der Waals surface area (Å²) in [6, 6.07) is 0.682. The number of hydrogen-bond donors (Lipinski definition) is 1. The van der Waals surface area contributed by atoms with Crippen molar-refractivity contribution in [3.63, 3.8) is 0 Å². The van der Waals surface area contributed by atoms with Gasteiger partial charge in [-0.05, 0) is 32.2 Å². The van der Waals surface area contributed by atoms with Crippen LogP contribution in [0, 0.1) is 0 Å². The van der Waals surface area contributed by atoms with E-state index in [1.165, 1.54) is 56.7 Å². The molecule has 0 bridgehead atoms. The van der Waals surface area contributed by atoms with E-state index >= 15 is 0 Å². The van der Waals surface area contributed by atoms with Gasteiger partial charge in [-0.3, -0.25) is 0 Å². The average molecular weight is 205 g/mol. The molecule has 1 fully saturated rings. The second-order valence-electron chi connectivity index (χ2n) is 4.80. The van der Waals surface area contributed by atoms with Crippen molar-refractivity contribution >= 4 is 0 Å². The lowest BCUT2D eigenvalue weighted by molar-refractivity contribution is 0.522. The van der Waals surface area contributed by atoms with Gasteiger partial charge in [0.2, 0.25) is 0 Å². The quantitative estimate of drug-likeness (QED) is 0.793. The Bertz CT molecular complexity index is 313. The minimum Gasteiger partial charge on any atom is -0.335 e. The molecule has 0 saturated carbocycles. The highest BCUT2D eigenvalue weighted by Crippen LogP contribution is 2.17. The highest BCUT2D eigenvalue weighted by molar-refractivity contribution is 5.08. The molecule has 3 heteroatoms. The van der Waals surface area contributed by atoms with Crippen molar-refractivity contribution in [3.05, 3.63) is 17.7 Å². The second kappa shape index (κ2) is 3.97. The molecular weight excluding hydrogens is 186 g/mol. The molecule has 0 spiro atoms. The largest absolute Gasteiger partial charge is 0.335 e. The molecule has 1 saturated heterocycles.